The van der Waals surface area contributed by atoms with Crippen LogP contribution in [0, 0.1) is 5.82 Å². The summed E-state index contributed by atoms with van der Waals surface area (Å²) in [6, 6.07) is 12.3. The van der Waals surface area contributed by atoms with Crippen LogP contribution in [0.1, 0.15) is 36.5 Å². The standard InChI is InChI=1S/C17H18FNOS/c1-11(2)12-4-7-15(8-5-12)20-10-13-3-6-14(18)9-16(13)17(19)21/h3-9,11H,10H2,1-2H3,(H2,19,21). The normalized spacial score (nSPS) is 10.7. The van der Waals surface area contributed by atoms with Crippen molar-refractivity contribution in [3.8, 4) is 5.75 Å². The van der Waals surface area contributed by atoms with E-state index in [0.717, 1.165) is 11.3 Å². The first-order valence-corrected chi connectivity index (χ1v) is 7.19. The van der Waals surface area contributed by atoms with Crippen molar-refractivity contribution in [3.63, 3.8) is 0 Å². The van der Waals surface area contributed by atoms with Gasteiger partial charge in [-0.25, -0.2) is 4.39 Å². The minimum atomic E-state index is -0.358. The third-order valence-electron chi connectivity index (χ3n) is 3.28. The van der Waals surface area contributed by atoms with Crippen molar-refractivity contribution < 1.29 is 9.13 Å². The third kappa shape index (κ3) is 4.02. The summed E-state index contributed by atoms with van der Waals surface area (Å²) in [5.41, 5.74) is 8.16. The summed E-state index contributed by atoms with van der Waals surface area (Å²) < 4.78 is 19.0. The number of benzene rings is 2. The van der Waals surface area contributed by atoms with Crippen LogP contribution in [-0.2, 0) is 6.61 Å². The van der Waals surface area contributed by atoms with E-state index in [4.69, 9.17) is 22.7 Å². The summed E-state index contributed by atoms with van der Waals surface area (Å²) in [5, 5.41) is 0. The van der Waals surface area contributed by atoms with E-state index in [1.165, 1.54) is 17.7 Å². The Morgan fingerprint density at radius 2 is 1.86 bits per heavy atom. The molecule has 110 valence electrons. The number of hydrogen-bond acceptors (Lipinski definition) is 2. The highest BCUT2D eigenvalue weighted by Gasteiger charge is 2.08. The maximum Gasteiger partial charge on any atom is 0.123 e. The van der Waals surface area contributed by atoms with Crippen LogP contribution in [0.4, 0.5) is 4.39 Å². The minimum absolute atomic E-state index is 0.170. The SMILES string of the molecule is CC(C)c1ccc(OCc2ccc(F)cc2C(N)=S)cc1. The van der Waals surface area contributed by atoms with Gasteiger partial charge in [0.2, 0.25) is 0 Å². The molecule has 0 radical (unpaired) electrons. The molecule has 2 N–H and O–H groups in total. The van der Waals surface area contributed by atoms with Crippen molar-refractivity contribution in [2.75, 3.05) is 0 Å². The third-order valence-corrected chi connectivity index (χ3v) is 3.50. The fourth-order valence-corrected chi connectivity index (χ4v) is 2.20. The molecular weight excluding hydrogens is 285 g/mol. The van der Waals surface area contributed by atoms with Gasteiger partial charge in [0, 0.05) is 5.56 Å². The zero-order valence-electron chi connectivity index (χ0n) is 12.1. The highest BCUT2D eigenvalue weighted by molar-refractivity contribution is 7.80. The molecule has 0 atom stereocenters. The van der Waals surface area contributed by atoms with Gasteiger partial charge in [-0.05, 0) is 41.3 Å². The molecule has 0 unspecified atom stereocenters. The summed E-state index contributed by atoms with van der Waals surface area (Å²) in [4.78, 5) is 0.170. The molecule has 0 aliphatic rings. The summed E-state index contributed by atoms with van der Waals surface area (Å²) in [7, 11) is 0. The average molecular weight is 303 g/mol. The van der Waals surface area contributed by atoms with E-state index >= 15 is 0 Å². The van der Waals surface area contributed by atoms with Crippen LogP contribution < -0.4 is 10.5 Å². The second-order valence-electron chi connectivity index (χ2n) is 5.18. The zero-order chi connectivity index (χ0) is 15.4. The molecule has 0 aliphatic carbocycles. The Morgan fingerprint density at radius 3 is 2.43 bits per heavy atom. The molecule has 0 amide bonds. The smallest absolute Gasteiger partial charge is 0.123 e. The molecule has 21 heavy (non-hydrogen) atoms. The molecule has 0 saturated carbocycles. The van der Waals surface area contributed by atoms with Gasteiger partial charge in [-0.15, -0.1) is 0 Å². The fourth-order valence-electron chi connectivity index (χ4n) is 2.01. The Labute approximate surface area is 129 Å². The first-order chi connectivity index (χ1) is 9.97. The Bertz CT molecular complexity index is 638. The van der Waals surface area contributed by atoms with Crippen LogP contribution in [0.2, 0.25) is 0 Å². The van der Waals surface area contributed by atoms with Crippen molar-refractivity contribution >= 4 is 17.2 Å². The van der Waals surface area contributed by atoms with E-state index in [9.17, 15) is 4.39 Å². The second-order valence-corrected chi connectivity index (χ2v) is 5.62. The van der Waals surface area contributed by atoms with Gasteiger partial charge in [0.1, 0.15) is 23.2 Å². The number of halogens is 1. The molecule has 4 heteroatoms. The molecule has 0 heterocycles. The van der Waals surface area contributed by atoms with E-state index in [-0.39, 0.29) is 10.8 Å². The summed E-state index contributed by atoms with van der Waals surface area (Å²) in [5.74, 6) is 0.887. The second kappa shape index (κ2) is 6.68. The topological polar surface area (TPSA) is 35.2 Å². The largest absolute Gasteiger partial charge is 0.489 e. The van der Waals surface area contributed by atoms with Crippen LogP contribution in [0.25, 0.3) is 0 Å². The quantitative estimate of drug-likeness (QED) is 0.842. The molecular formula is C17H18FNOS. The monoisotopic (exact) mass is 303 g/mol. The predicted octanol–water partition coefficient (Wildman–Crippen LogP) is 4.16. The van der Waals surface area contributed by atoms with Crippen LogP contribution >= 0.6 is 12.2 Å². The Hall–Kier alpha value is -1.94. The van der Waals surface area contributed by atoms with Gasteiger partial charge in [-0.1, -0.05) is 44.3 Å². The van der Waals surface area contributed by atoms with Gasteiger partial charge in [-0.2, -0.15) is 0 Å². The highest BCUT2D eigenvalue weighted by atomic mass is 32.1. The molecule has 2 rings (SSSR count). The van der Waals surface area contributed by atoms with Crippen molar-refractivity contribution in [1.29, 1.82) is 0 Å². The molecule has 2 aromatic rings. The van der Waals surface area contributed by atoms with Crippen molar-refractivity contribution in [2.45, 2.75) is 26.4 Å². The minimum Gasteiger partial charge on any atom is -0.489 e. The maximum absolute atomic E-state index is 13.2. The number of rotatable bonds is 5. The van der Waals surface area contributed by atoms with Gasteiger partial charge >= 0.3 is 0 Å². The van der Waals surface area contributed by atoms with Gasteiger partial charge in [0.05, 0.1) is 0 Å². The number of nitrogens with two attached hydrogens (primary N) is 1. The van der Waals surface area contributed by atoms with Gasteiger partial charge in [-0.3, -0.25) is 0 Å². The van der Waals surface area contributed by atoms with E-state index < -0.39 is 0 Å². The zero-order valence-corrected chi connectivity index (χ0v) is 12.9. The molecule has 2 aromatic carbocycles. The van der Waals surface area contributed by atoms with Crippen molar-refractivity contribution in [1.82, 2.24) is 0 Å². The van der Waals surface area contributed by atoms with Crippen LogP contribution in [0.3, 0.4) is 0 Å². The lowest BCUT2D eigenvalue weighted by molar-refractivity contribution is 0.305. The lowest BCUT2D eigenvalue weighted by atomic mass is 10.0. The van der Waals surface area contributed by atoms with Crippen LogP contribution in [0.5, 0.6) is 5.75 Å². The van der Waals surface area contributed by atoms with Gasteiger partial charge < -0.3 is 10.5 Å². The molecule has 0 saturated heterocycles. The number of thiocarbonyl (C=S) groups is 1. The maximum atomic E-state index is 13.2. The van der Waals surface area contributed by atoms with E-state index in [1.54, 1.807) is 6.07 Å². The lowest BCUT2D eigenvalue weighted by Crippen LogP contribution is -2.14. The Morgan fingerprint density at radius 1 is 1.19 bits per heavy atom. The summed E-state index contributed by atoms with van der Waals surface area (Å²) >= 11 is 4.94. The fraction of sp³-hybridized carbons (Fsp3) is 0.235. The van der Waals surface area contributed by atoms with E-state index in [2.05, 4.69) is 13.8 Å². The first kappa shape index (κ1) is 15.4. The van der Waals surface area contributed by atoms with Crippen molar-refractivity contribution in [3.05, 3.63) is 65.0 Å². The molecule has 0 fully saturated rings. The summed E-state index contributed by atoms with van der Waals surface area (Å²) in [6.45, 7) is 4.58. The van der Waals surface area contributed by atoms with Gasteiger partial charge in [0.15, 0.2) is 0 Å². The first-order valence-electron chi connectivity index (χ1n) is 6.78. The predicted molar refractivity (Wildman–Crippen MR) is 87.2 cm³/mol. The number of ether oxygens (including phenoxy) is 1. The molecule has 0 aliphatic heterocycles. The highest BCUT2D eigenvalue weighted by Crippen LogP contribution is 2.20. The Balaban J connectivity index is 2.11. The van der Waals surface area contributed by atoms with Crippen LogP contribution in [-0.4, -0.2) is 4.99 Å². The van der Waals surface area contributed by atoms with Crippen LogP contribution in [0.15, 0.2) is 42.5 Å². The van der Waals surface area contributed by atoms with Gasteiger partial charge in [0.25, 0.3) is 0 Å². The van der Waals surface area contributed by atoms with Crippen molar-refractivity contribution in [2.24, 2.45) is 5.73 Å². The Kier molecular flexibility index (Phi) is 4.91. The molecule has 0 bridgehead atoms. The van der Waals surface area contributed by atoms with E-state index in [0.29, 0.717) is 18.1 Å². The lowest BCUT2D eigenvalue weighted by Gasteiger charge is -2.11. The molecule has 0 spiro atoms. The molecule has 2 nitrogen and oxygen atoms in total. The molecule has 0 aromatic heterocycles. The number of hydrogen-bond donors (Lipinski definition) is 1. The average Bonchev–Trinajstić information content (AvgIpc) is 2.46. The summed E-state index contributed by atoms with van der Waals surface area (Å²) in [6.07, 6.45) is 0. The van der Waals surface area contributed by atoms with E-state index in [1.807, 2.05) is 24.3 Å².